The van der Waals surface area contributed by atoms with E-state index in [2.05, 4.69) is 4.98 Å². The number of hydrogen-bond acceptors (Lipinski definition) is 6. The SMILES string of the molecule is CCSc1nc(-c2ccnc(OC)c2)c(C)c(=O)n1-c1ccc(OCC(F)(F)F)cc1. The van der Waals surface area contributed by atoms with Crippen LogP contribution in [0.1, 0.15) is 12.5 Å². The molecule has 0 aliphatic carbocycles. The molecule has 0 saturated carbocycles. The highest BCUT2D eigenvalue weighted by molar-refractivity contribution is 7.99. The number of pyridine rings is 1. The summed E-state index contributed by atoms with van der Waals surface area (Å²) < 4.78 is 48.4. The maximum absolute atomic E-state index is 13.2. The molecule has 0 unspecified atom stereocenters. The second-order valence-electron chi connectivity index (χ2n) is 6.43. The van der Waals surface area contributed by atoms with E-state index in [-0.39, 0.29) is 11.3 Å². The molecule has 10 heteroatoms. The predicted octanol–water partition coefficient (Wildman–Crippen LogP) is 4.66. The summed E-state index contributed by atoms with van der Waals surface area (Å²) in [4.78, 5) is 22.0. The summed E-state index contributed by atoms with van der Waals surface area (Å²) in [7, 11) is 1.50. The zero-order valence-electron chi connectivity index (χ0n) is 17.1. The van der Waals surface area contributed by atoms with Crippen LogP contribution in [-0.4, -0.2) is 40.2 Å². The first-order valence-electron chi connectivity index (χ1n) is 9.30. The third kappa shape index (κ3) is 5.38. The van der Waals surface area contributed by atoms with Crippen molar-refractivity contribution in [2.24, 2.45) is 0 Å². The van der Waals surface area contributed by atoms with E-state index in [4.69, 9.17) is 14.5 Å². The maximum Gasteiger partial charge on any atom is 0.422 e. The van der Waals surface area contributed by atoms with E-state index < -0.39 is 12.8 Å². The molecule has 3 aromatic rings. The van der Waals surface area contributed by atoms with Crippen LogP contribution in [0.25, 0.3) is 16.9 Å². The molecule has 0 radical (unpaired) electrons. The van der Waals surface area contributed by atoms with Gasteiger partial charge in [0.15, 0.2) is 11.8 Å². The number of alkyl halides is 3. The molecule has 0 aliphatic heterocycles. The average Bonchev–Trinajstić information content (AvgIpc) is 2.75. The van der Waals surface area contributed by atoms with Crippen LogP contribution in [0.4, 0.5) is 13.2 Å². The van der Waals surface area contributed by atoms with Gasteiger partial charge in [0.25, 0.3) is 5.56 Å². The van der Waals surface area contributed by atoms with Crippen molar-refractivity contribution < 1.29 is 22.6 Å². The minimum absolute atomic E-state index is 0.0593. The first-order chi connectivity index (χ1) is 14.7. The van der Waals surface area contributed by atoms with Gasteiger partial charge in [-0.15, -0.1) is 0 Å². The van der Waals surface area contributed by atoms with Gasteiger partial charge < -0.3 is 9.47 Å². The Hall–Kier alpha value is -3.01. The van der Waals surface area contributed by atoms with E-state index in [1.54, 1.807) is 25.3 Å². The van der Waals surface area contributed by atoms with Gasteiger partial charge in [0.1, 0.15) is 5.75 Å². The molecule has 0 spiro atoms. The minimum atomic E-state index is -4.42. The van der Waals surface area contributed by atoms with Crippen LogP contribution in [0.5, 0.6) is 11.6 Å². The number of nitrogens with zero attached hydrogens (tertiary/aromatic N) is 3. The van der Waals surface area contributed by atoms with Crippen molar-refractivity contribution in [1.82, 2.24) is 14.5 Å². The molecule has 0 atom stereocenters. The second kappa shape index (κ2) is 9.42. The first kappa shape index (κ1) is 22.7. The molecular formula is C21H20F3N3O3S. The van der Waals surface area contributed by atoms with Gasteiger partial charge in [-0.25, -0.2) is 9.97 Å². The van der Waals surface area contributed by atoms with Crippen molar-refractivity contribution in [3.05, 3.63) is 58.5 Å². The molecule has 0 amide bonds. The van der Waals surface area contributed by atoms with Gasteiger partial charge in [-0.05, 0) is 43.0 Å². The number of aromatic nitrogens is 3. The van der Waals surface area contributed by atoms with E-state index in [1.165, 1.54) is 47.7 Å². The molecule has 0 saturated heterocycles. The number of benzene rings is 1. The summed E-state index contributed by atoms with van der Waals surface area (Å²) >= 11 is 1.38. The number of methoxy groups -OCH3 is 1. The Bertz CT molecular complexity index is 1120. The van der Waals surface area contributed by atoms with E-state index in [0.29, 0.717) is 39.3 Å². The topological polar surface area (TPSA) is 66.2 Å². The third-order valence-electron chi connectivity index (χ3n) is 4.27. The summed E-state index contributed by atoms with van der Waals surface area (Å²) in [5.74, 6) is 1.13. The quantitative estimate of drug-likeness (QED) is 0.384. The van der Waals surface area contributed by atoms with Crippen molar-refractivity contribution in [3.8, 4) is 28.6 Å². The molecule has 2 heterocycles. The summed E-state index contributed by atoms with van der Waals surface area (Å²) in [6.07, 6.45) is -2.85. The average molecular weight is 451 g/mol. The molecule has 0 aliphatic rings. The van der Waals surface area contributed by atoms with Crippen LogP contribution < -0.4 is 15.0 Å². The highest BCUT2D eigenvalue weighted by Crippen LogP contribution is 2.27. The number of hydrogen-bond donors (Lipinski definition) is 0. The highest BCUT2D eigenvalue weighted by atomic mass is 32.2. The maximum atomic E-state index is 13.2. The van der Waals surface area contributed by atoms with Gasteiger partial charge in [-0.2, -0.15) is 13.2 Å². The molecule has 1 aromatic carbocycles. The fourth-order valence-electron chi connectivity index (χ4n) is 2.84. The molecule has 164 valence electrons. The van der Waals surface area contributed by atoms with Gasteiger partial charge in [0.2, 0.25) is 5.88 Å². The van der Waals surface area contributed by atoms with Gasteiger partial charge >= 0.3 is 6.18 Å². The van der Waals surface area contributed by atoms with Crippen LogP contribution in [-0.2, 0) is 0 Å². The van der Waals surface area contributed by atoms with Crippen LogP contribution >= 0.6 is 11.8 Å². The van der Waals surface area contributed by atoms with Crippen molar-refractivity contribution in [2.45, 2.75) is 25.2 Å². The van der Waals surface area contributed by atoms with Gasteiger partial charge in [0.05, 0.1) is 18.5 Å². The van der Waals surface area contributed by atoms with Gasteiger partial charge in [0, 0.05) is 23.4 Å². The summed E-state index contributed by atoms with van der Waals surface area (Å²) in [5.41, 5.74) is 1.84. The lowest BCUT2D eigenvalue weighted by atomic mass is 10.1. The van der Waals surface area contributed by atoms with Crippen LogP contribution in [0.3, 0.4) is 0 Å². The number of thioether (sulfide) groups is 1. The zero-order valence-corrected chi connectivity index (χ0v) is 17.9. The predicted molar refractivity (Wildman–Crippen MR) is 112 cm³/mol. The monoisotopic (exact) mass is 451 g/mol. The Morgan fingerprint density at radius 1 is 1.16 bits per heavy atom. The molecule has 31 heavy (non-hydrogen) atoms. The molecule has 3 rings (SSSR count). The van der Waals surface area contributed by atoms with E-state index in [0.717, 1.165) is 0 Å². The van der Waals surface area contributed by atoms with Crippen LogP contribution in [0, 0.1) is 6.92 Å². The van der Waals surface area contributed by atoms with Crippen molar-refractivity contribution in [2.75, 3.05) is 19.5 Å². The van der Waals surface area contributed by atoms with Crippen molar-refractivity contribution in [3.63, 3.8) is 0 Å². The smallest absolute Gasteiger partial charge is 0.422 e. The van der Waals surface area contributed by atoms with Crippen molar-refractivity contribution >= 4 is 11.8 Å². The Balaban J connectivity index is 2.04. The number of halogens is 3. The molecule has 6 nitrogen and oxygen atoms in total. The van der Waals surface area contributed by atoms with E-state index in [9.17, 15) is 18.0 Å². The Kier molecular flexibility index (Phi) is 6.89. The van der Waals surface area contributed by atoms with Crippen molar-refractivity contribution in [1.29, 1.82) is 0 Å². The minimum Gasteiger partial charge on any atom is -0.484 e. The van der Waals surface area contributed by atoms with Gasteiger partial charge in [-0.1, -0.05) is 18.7 Å². The third-order valence-corrected chi connectivity index (χ3v) is 5.09. The number of rotatable bonds is 7. The Morgan fingerprint density at radius 3 is 2.48 bits per heavy atom. The lowest BCUT2D eigenvalue weighted by Gasteiger charge is -2.16. The largest absolute Gasteiger partial charge is 0.484 e. The Morgan fingerprint density at radius 2 is 1.87 bits per heavy atom. The fourth-order valence-corrected chi connectivity index (χ4v) is 3.58. The first-order valence-corrected chi connectivity index (χ1v) is 10.3. The standard InChI is InChI=1S/C21H20F3N3O3S/c1-4-31-20-26-18(14-9-10-25-17(11-14)29-3)13(2)19(28)27(20)15-5-7-16(8-6-15)30-12-21(22,23)24/h5-11H,4,12H2,1-3H3. The Labute approximate surface area is 181 Å². The highest BCUT2D eigenvalue weighted by Gasteiger charge is 2.28. The van der Waals surface area contributed by atoms with E-state index >= 15 is 0 Å². The molecule has 0 N–H and O–H groups in total. The molecule has 2 aromatic heterocycles. The van der Waals surface area contributed by atoms with E-state index in [1.807, 2.05) is 6.92 Å². The van der Waals surface area contributed by atoms with Crippen LogP contribution in [0.15, 0.2) is 52.5 Å². The lowest BCUT2D eigenvalue weighted by Crippen LogP contribution is -2.25. The van der Waals surface area contributed by atoms with Crippen LogP contribution in [0.2, 0.25) is 0 Å². The fraction of sp³-hybridized carbons (Fsp3) is 0.286. The summed E-state index contributed by atoms with van der Waals surface area (Å²) in [5, 5.41) is 0.466. The normalized spacial score (nSPS) is 11.4. The molecule has 0 bridgehead atoms. The second-order valence-corrected chi connectivity index (χ2v) is 7.66. The zero-order chi connectivity index (χ0) is 22.6. The lowest BCUT2D eigenvalue weighted by molar-refractivity contribution is -0.153. The molecule has 0 fully saturated rings. The molecular weight excluding hydrogens is 431 g/mol. The summed E-state index contributed by atoms with van der Waals surface area (Å²) in [6.45, 7) is 2.23. The summed E-state index contributed by atoms with van der Waals surface area (Å²) in [6, 6.07) is 9.29. The van der Waals surface area contributed by atoms with Gasteiger partial charge in [-0.3, -0.25) is 9.36 Å². The number of ether oxygens (including phenoxy) is 2.